The summed E-state index contributed by atoms with van der Waals surface area (Å²) in [6.45, 7) is 0.466. The van der Waals surface area contributed by atoms with Crippen molar-refractivity contribution in [3.8, 4) is 0 Å². The summed E-state index contributed by atoms with van der Waals surface area (Å²) in [6, 6.07) is 17.1. The zero-order valence-corrected chi connectivity index (χ0v) is 20.6. The standard InChI is InChI=1S/C25H21N5O4S2/c31-22(26-14-18-7-4-12-35-18)11-10-21-24(32)29-23(27-21)19-8-1-2-9-20(19)28-25(29)36-15-16-5-3-6-17(13-16)30(33)34/h1-9,12-13,21H,10-11,14-15H2,(H,26,31)/t21-/m0/s1. The van der Waals surface area contributed by atoms with E-state index in [1.54, 1.807) is 23.5 Å². The predicted octanol–water partition coefficient (Wildman–Crippen LogP) is 4.64. The molecule has 2 aromatic carbocycles. The lowest BCUT2D eigenvalue weighted by molar-refractivity contribution is -0.384. The summed E-state index contributed by atoms with van der Waals surface area (Å²) in [6.07, 6.45) is 0.474. The normalized spacial score (nSPS) is 16.2. The van der Waals surface area contributed by atoms with Gasteiger partial charge in [-0.05, 0) is 35.6 Å². The second-order valence-corrected chi connectivity index (χ2v) is 10.1. The molecule has 9 nitrogen and oxygen atoms in total. The van der Waals surface area contributed by atoms with Crippen molar-refractivity contribution in [3.05, 3.63) is 92.2 Å². The maximum Gasteiger partial charge on any atom is 0.269 e. The number of hydrogen-bond acceptors (Lipinski definition) is 8. The Hall–Kier alpha value is -3.83. The molecule has 0 bridgehead atoms. The van der Waals surface area contributed by atoms with Gasteiger partial charge in [-0.25, -0.2) is 9.89 Å². The van der Waals surface area contributed by atoms with Gasteiger partial charge in [0.05, 0.1) is 17.2 Å². The van der Waals surface area contributed by atoms with Crippen LogP contribution in [0.15, 0.2) is 76.0 Å². The predicted molar refractivity (Wildman–Crippen MR) is 140 cm³/mol. The van der Waals surface area contributed by atoms with Crippen LogP contribution in [0.25, 0.3) is 0 Å². The van der Waals surface area contributed by atoms with E-state index in [1.165, 1.54) is 28.8 Å². The number of aliphatic imine (C=N–C) groups is 2. The van der Waals surface area contributed by atoms with Crippen molar-refractivity contribution in [2.75, 3.05) is 0 Å². The second kappa shape index (κ2) is 10.4. The molecule has 3 aromatic rings. The molecule has 0 saturated carbocycles. The van der Waals surface area contributed by atoms with Gasteiger partial charge < -0.3 is 5.32 Å². The Bertz CT molecular complexity index is 1390. The van der Waals surface area contributed by atoms with Crippen LogP contribution in [0.3, 0.4) is 0 Å². The Morgan fingerprint density at radius 3 is 2.83 bits per heavy atom. The van der Waals surface area contributed by atoms with Gasteiger partial charge >= 0.3 is 0 Å². The molecule has 2 aliphatic rings. The fourth-order valence-electron chi connectivity index (χ4n) is 3.95. The smallest absolute Gasteiger partial charge is 0.269 e. The van der Waals surface area contributed by atoms with E-state index in [0.29, 0.717) is 35.4 Å². The molecule has 0 radical (unpaired) electrons. The van der Waals surface area contributed by atoms with Crippen LogP contribution in [0, 0.1) is 10.1 Å². The van der Waals surface area contributed by atoms with Crippen molar-refractivity contribution in [3.63, 3.8) is 0 Å². The van der Waals surface area contributed by atoms with E-state index in [4.69, 9.17) is 4.99 Å². The number of thioether (sulfide) groups is 1. The van der Waals surface area contributed by atoms with Gasteiger partial charge in [0, 0.05) is 34.7 Å². The summed E-state index contributed by atoms with van der Waals surface area (Å²) in [5.74, 6) is 0.567. The van der Waals surface area contributed by atoms with Crippen LogP contribution in [0.2, 0.25) is 0 Å². The number of nitro benzene ring substituents is 1. The third-order valence-corrected chi connectivity index (χ3v) is 7.61. The number of thiophene rings is 1. The Morgan fingerprint density at radius 2 is 2.03 bits per heavy atom. The minimum Gasteiger partial charge on any atom is -0.351 e. The molecule has 1 N–H and O–H groups in total. The van der Waals surface area contributed by atoms with Gasteiger partial charge in [-0.1, -0.05) is 42.1 Å². The molecule has 36 heavy (non-hydrogen) atoms. The van der Waals surface area contributed by atoms with Crippen molar-refractivity contribution in [1.82, 2.24) is 10.2 Å². The number of para-hydroxylation sites is 1. The number of nitro groups is 1. The zero-order valence-electron chi connectivity index (χ0n) is 19.0. The number of amidine groups is 2. The zero-order chi connectivity index (χ0) is 25.1. The number of benzene rings is 2. The van der Waals surface area contributed by atoms with Gasteiger partial charge in [0.25, 0.3) is 11.6 Å². The molecule has 0 spiro atoms. The highest BCUT2D eigenvalue weighted by Gasteiger charge is 2.41. The van der Waals surface area contributed by atoms with Gasteiger partial charge in [0.15, 0.2) is 5.17 Å². The molecule has 0 unspecified atom stereocenters. The third-order valence-electron chi connectivity index (χ3n) is 5.72. The Morgan fingerprint density at radius 1 is 1.17 bits per heavy atom. The number of carbonyl (C=O) groups is 2. The number of non-ortho nitro benzene ring substituents is 1. The SMILES string of the molecule is O=C(CC[C@@H]1N=C2c3ccccc3N=C(SCc3cccc([N+](=O)[O-])c3)N2C1=O)NCc1cccs1. The van der Waals surface area contributed by atoms with Gasteiger partial charge in [0.1, 0.15) is 11.9 Å². The van der Waals surface area contributed by atoms with Crippen molar-refractivity contribution in [1.29, 1.82) is 0 Å². The molecule has 1 aromatic heterocycles. The third kappa shape index (κ3) is 5.07. The van der Waals surface area contributed by atoms with E-state index >= 15 is 0 Å². The summed E-state index contributed by atoms with van der Waals surface area (Å²) in [4.78, 5) is 48.4. The lowest BCUT2D eigenvalue weighted by Crippen LogP contribution is -2.41. The van der Waals surface area contributed by atoms with Crippen molar-refractivity contribution in [2.24, 2.45) is 9.98 Å². The maximum atomic E-state index is 13.4. The molecule has 2 aliphatic heterocycles. The molecule has 0 aliphatic carbocycles. The summed E-state index contributed by atoms with van der Waals surface area (Å²) < 4.78 is 0. The van der Waals surface area contributed by atoms with E-state index in [2.05, 4.69) is 10.3 Å². The average molecular weight is 520 g/mol. The number of hydrogen-bond donors (Lipinski definition) is 1. The van der Waals surface area contributed by atoms with Crippen molar-refractivity contribution < 1.29 is 14.5 Å². The number of carbonyl (C=O) groups excluding carboxylic acids is 2. The summed E-state index contributed by atoms with van der Waals surface area (Å²) in [5, 5.41) is 16.4. The quantitative estimate of drug-likeness (QED) is 0.344. The van der Waals surface area contributed by atoms with Gasteiger partial charge in [0.2, 0.25) is 5.91 Å². The van der Waals surface area contributed by atoms with Crippen molar-refractivity contribution >= 4 is 57.3 Å². The highest BCUT2D eigenvalue weighted by molar-refractivity contribution is 8.13. The van der Waals surface area contributed by atoms with Crippen LogP contribution in [-0.4, -0.2) is 38.7 Å². The minimum atomic E-state index is -0.678. The van der Waals surface area contributed by atoms with E-state index in [0.717, 1.165) is 16.0 Å². The van der Waals surface area contributed by atoms with Crippen LogP contribution in [0.1, 0.15) is 28.8 Å². The minimum absolute atomic E-state index is 0.0148. The topological polar surface area (TPSA) is 117 Å². The highest BCUT2D eigenvalue weighted by atomic mass is 32.2. The first-order valence-electron chi connectivity index (χ1n) is 11.2. The van der Waals surface area contributed by atoms with Crippen LogP contribution in [0.4, 0.5) is 11.4 Å². The largest absolute Gasteiger partial charge is 0.351 e. The molecule has 5 rings (SSSR count). The number of fused-ring (bicyclic) bond motifs is 3. The number of nitrogens with zero attached hydrogens (tertiary/aromatic N) is 4. The highest BCUT2D eigenvalue weighted by Crippen LogP contribution is 2.35. The fourth-order valence-corrected chi connectivity index (χ4v) is 5.54. The molecule has 3 heterocycles. The average Bonchev–Trinajstić information content (AvgIpc) is 3.53. The molecule has 11 heteroatoms. The van der Waals surface area contributed by atoms with Crippen LogP contribution < -0.4 is 5.32 Å². The van der Waals surface area contributed by atoms with E-state index in [9.17, 15) is 19.7 Å². The van der Waals surface area contributed by atoms with Gasteiger partial charge in [-0.2, -0.15) is 0 Å². The maximum absolute atomic E-state index is 13.4. The first-order chi connectivity index (χ1) is 17.5. The monoisotopic (exact) mass is 519 g/mol. The van der Waals surface area contributed by atoms with Crippen LogP contribution in [-0.2, 0) is 21.9 Å². The molecular formula is C25H21N5O4S2. The van der Waals surface area contributed by atoms with Crippen molar-refractivity contribution in [2.45, 2.75) is 31.2 Å². The lowest BCUT2D eigenvalue weighted by atomic mass is 10.1. The van der Waals surface area contributed by atoms with E-state index in [1.807, 2.05) is 41.8 Å². The fraction of sp³-hybridized carbons (Fsp3) is 0.200. The van der Waals surface area contributed by atoms with Gasteiger partial charge in [-0.15, -0.1) is 11.3 Å². The number of amides is 2. The molecular weight excluding hydrogens is 498 g/mol. The molecule has 1 atom stereocenters. The van der Waals surface area contributed by atoms with E-state index in [-0.39, 0.29) is 23.9 Å². The van der Waals surface area contributed by atoms with Crippen LogP contribution >= 0.6 is 23.1 Å². The first-order valence-corrected chi connectivity index (χ1v) is 13.1. The molecule has 182 valence electrons. The first kappa shape index (κ1) is 23.9. The van der Waals surface area contributed by atoms with E-state index < -0.39 is 11.0 Å². The Kier molecular flexibility index (Phi) is 6.92. The Labute approximate surface area is 215 Å². The summed E-state index contributed by atoms with van der Waals surface area (Å²) >= 11 is 2.90. The van der Waals surface area contributed by atoms with Gasteiger partial charge in [-0.3, -0.25) is 24.7 Å². The van der Waals surface area contributed by atoms with Crippen LogP contribution in [0.5, 0.6) is 0 Å². The molecule has 2 amide bonds. The summed E-state index contributed by atoms with van der Waals surface area (Å²) in [5.41, 5.74) is 2.23. The summed E-state index contributed by atoms with van der Waals surface area (Å²) in [7, 11) is 0. The second-order valence-electron chi connectivity index (χ2n) is 8.16. The number of rotatable bonds is 8. The lowest BCUT2D eigenvalue weighted by Gasteiger charge is -2.25. The molecule has 0 saturated heterocycles. The number of nitrogens with one attached hydrogen (secondary N) is 1. The Balaban J connectivity index is 1.30. The molecule has 0 fully saturated rings.